The van der Waals surface area contributed by atoms with Crippen LogP contribution < -0.4 is 0 Å². The second-order valence-corrected chi connectivity index (χ2v) is 4.25. The number of hydrogen-bond donors (Lipinski definition) is 1. The van der Waals surface area contributed by atoms with Gasteiger partial charge in [-0.2, -0.15) is 4.68 Å². The molecule has 0 bridgehead atoms. The lowest BCUT2D eigenvalue weighted by Gasteiger charge is -2.08. The van der Waals surface area contributed by atoms with Crippen LogP contribution in [0.3, 0.4) is 0 Å². The normalized spacial score (nSPS) is 10.5. The van der Waals surface area contributed by atoms with E-state index in [2.05, 4.69) is 15.5 Å². The summed E-state index contributed by atoms with van der Waals surface area (Å²) < 4.78 is 14.7. The monoisotopic (exact) mass is 284 g/mol. The van der Waals surface area contributed by atoms with Crippen molar-refractivity contribution in [2.45, 2.75) is 0 Å². The fourth-order valence-corrected chi connectivity index (χ4v) is 1.98. The topological polar surface area (TPSA) is 80.9 Å². The second kappa shape index (κ2) is 5.12. The van der Waals surface area contributed by atoms with Gasteiger partial charge in [0.1, 0.15) is 5.82 Å². The quantitative estimate of drug-likeness (QED) is 0.797. The average Bonchev–Trinajstić information content (AvgIpc) is 2.97. The summed E-state index contributed by atoms with van der Waals surface area (Å²) in [5.41, 5.74) is 0.690. The zero-order valence-electron chi connectivity index (χ0n) is 10.6. The molecular weight excluding hydrogens is 275 g/mol. The smallest absolute Gasteiger partial charge is 0.337 e. The van der Waals surface area contributed by atoms with E-state index >= 15 is 0 Å². The van der Waals surface area contributed by atoms with Gasteiger partial charge in [-0.15, -0.1) is 5.10 Å². The van der Waals surface area contributed by atoms with Gasteiger partial charge in [-0.25, -0.2) is 9.18 Å². The lowest BCUT2D eigenvalue weighted by atomic mass is 10.1. The molecule has 0 spiro atoms. The molecule has 0 saturated heterocycles. The minimum atomic E-state index is -1.18. The van der Waals surface area contributed by atoms with Gasteiger partial charge in [-0.3, -0.25) is 0 Å². The lowest BCUT2D eigenvalue weighted by Crippen LogP contribution is -2.08. The first-order valence-electron chi connectivity index (χ1n) is 6.04. The Bertz CT molecular complexity index is 802. The second-order valence-electron chi connectivity index (χ2n) is 4.25. The van der Waals surface area contributed by atoms with Crippen molar-refractivity contribution < 1.29 is 14.3 Å². The lowest BCUT2D eigenvalue weighted by molar-refractivity contribution is 0.0696. The van der Waals surface area contributed by atoms with Gasteiger partial charge in [0.15, 0.2) is 5.82 Å². The SMILES string of the molecule is O=C(O)c1ccc(F)cc1-n1nnnc1-c1ccccc1. The molecule has 0 amide bonds. The van der Waals surface area contributed by atoms with Gasteiger partial charge >= 0.3 is 5.97 Å². The number of halogens is 1. The van der Waals surface area contributed by atoms with Gasteiger partial charge < -0.3 is 5.11 Å². The molecule has 2 aromatic carbocycles. The number of nitrogens with zero attached hydrogens (tertiary/aromatic N) is 4. The summed E-state index contributed by atoms with van der Waals surface area (Å²) in [6.07, 6.45) is 0. The van der Waals surface area contributed by atoms with Crippen molar-refractivity contribution in [3.05, 3.63) is 59.9 Å². The molecule has 0 unspecified atom stereocenters. The van der Waals surface area contributed by atoms with E-state index in [1.165, 1.54) is 10.7 Å². The maximum atomic E-state index is 13.5. The number of aromatic carboxylic acids is 1. The molecule has 104 valence electrons. The number of benzene rings is 2. The van der Waals surface area contributed by atoms with Crippen molar-refractivity contribution in [1.29, 1.82) is 0 Å². The first-order chi connectivity index (χ1) is 10.2. The minimum absolute atomic E-state index is 0.0753. The molecule has 6 nitrogen and oxygen atoms in total. The predicted octanol–water partition coefficient (Wildman–Crippen LogP) is 2.17. The molecule has 21 heavy (non-hydrogen) atoms. The van der Waals surface area contributed by atoms with Crippen LogP contribution in [-0.2, 0) is 0 Å². The van der Waals surface area contributed by atoms with Crippen LogP contribution in [0, 0.1) is 5.82 Å². The summed E-state index contributed by atoms with van der Waals surface area (Å²) in [6.45, 7) is 0. The van der Waals surface area contributed by atoms with Crippen LogP contribution in [0.25, 0.3) is 17.1 Å². The highest BCUT2D eigenvalue weighted by Crippen LogP contribution is 2.22. The van der Waals surface area contributed by atoms with E-state index in [-0.39, 0.29) is 11.3 Å². The fourth-order valence-electron chi connectivity index (χ4n) is 1.98. The van der Waals surface area contributed by atoms with Crippen LogP contribution in [0.5, 0.6) is 0 Å². The van der Waals surface area contributed by atoms with Crippen molar-refractivity contribution >= 4 is 5.97 Å². The third-order valence-corrected chi connectivity index (χ3v) is 2.92. The Morgan fingerprint density at radius 3 is 2.62 bits per heavy atom. The number of carbonyl (C=O) groups is 1. The summed E-state index contributed by atoms with van der Waals surface area (Å²) >= 11 is 0. The highest BCUT2D eigenvalue weighted by molar-refractivity contribution is 5.92. The molecule has 3 rings (SSSR count). The van der Waals surface area contributed by atoms with Crippen molar-refractivity contribution in [2.24, 2.45) is 0 Å². The van der Waals surface area contributed by atoms with Crippen LogP contribution in [0.2, 0.25) is 0 Å². The molecule has 0 aliphatic heterocycles. The molecule has 1 heterocycles. The maximum absolute atomic E-state index is 13.5. The van der Waals surface area contributed by atoms with E-state index in [9.17, 15) is 14.3 Å². The number of aromatic nitrogens is 4. The van der Waals surface area contributed by atoms with Gasteiger partial charge in [-0.1, -0.05) is 30.3 Å². The number of hydrogen-bond acceptors (Lipinski definition) is 4. The fraction of sp³-hybridized carbons (Fsp3) is 0. The highest BCUT2D eigenvalue weighted by Gasteiger charge is 2.18. The third-order valence-electron chi connectivity index (χ3n) is 2.92. The Morgan fingerprint density at radius 1 is 1.14 bits per heavy atom. The Hall–Kier alpha value is -3.09. The molecule has 0 aliphatic carbocycles. The van der Waals surface area contributed by atoms with E-state index in [4.69, 9.17) is 0 Å². The van der Waals surface area contributed by atoms with Crippen LogP contribution in [0.4, 0.5) is 4.39 Å². The molecule has 1 aromatic heterocycles. The molecular formula is C14H9FN4O2. The highest BCUT2D eigenvalue weighted by atomic mass is 19.1. The minimum Gasteiger partial charge on any atom is -0.478 e. The number of carboxylic acids is 1. The van der Waals surface area contributed by atoms with Gasteiger partial charge in [0.05, 0.1) is 11.3 Å². The zero-order valence-corrected chi connectivity index (χ0v) is 10.6. The number of tetrazole rings is 1. The zero-order chi connectivity index (χ0) is 14.8. The van der Waals surface area contributed by atoms with Crippen LogP contribution in [-0.4, -0.2) is 31.3 Å². The Kier molecular flexibility index (Phi) is 3.15. The number of rotatable bonds is 3. The Labute approximate surface area is 118 Å². The van der Waals surface area contributed by atoms with Crippen LogP contribution in [0.1, 0.15) is 10.4 Å². The van der Waals surface area contributed by atoms with Gasteiger partial charge in [0, 0.05) is 11.6 Å². The van der Waals surface area contributed by atoms with Gasteiger partial charge in [-0.05, 0) is 22.6 Å². The number of carboxylic acid groups (broad SMARTS) is 1. The maximum Gasteiger partial charge on any atom is 0.337 e. The van der Waals surface area contributed by atoms with Gasteiger partial charge in [0.25, 0.3) is 0 Å². The molecule has 0 atom stereocenters. The van der Waals surface area contributed by atoms with Crippen molar-refractivity contribution in [3.8, 4) is 17.1 Å². The van der Waals surface area contributed by atoms with E-state index < -0.39 is 11.8 Å². The van der Waals surface area contributed by atoms with E-state index in [0.29, 0.717) is 11.4 Å². The predicted molar refractivity (Wildman–Crippen MR) is 71.5 cm³/mol. The van der Waals surface area contributed by atoms with E-state index in [1.807, 2.05) is 6.07 Å². The summed E-state index contributed by atoms with van der Waals surface area (Å²) in [4.78, 5) is 11.3. The van der Waals surface area contributed by atoms with Crippen LogP contribution in [0.15, 0.2) is 48.5 Å². The Morgan fingerprint density at radius 2 is 1.90 bits per heavy atom. The van der Waals surface area contributed by atoms with Crippen molar-refractivity contribution in [2.75, 3.05) is 0 Å². The molecule has 7 heteroatoms. The molecule has 0 radical (unpaired) electrons. The van der Waals surface area contributed by atoms with Crippen LogP contribution >= 0.6 is 0 Å². The molecule has 0 fully saturated rings. The molecule has 1 N–H and O–H groups in total. The summed E-state index contributed by atoms with van der Waals surface area (Å²) in [5.74, 6) is -1.41. The average molecular weight is 284 g/mol. The summed E-state index contributed by atoms with van der Waals surface area (Å²) in [7, 11) is 0. The third kappa shape index (κ3) is 2.36. The standard InChI is InChI=1S/C14H9FN4O2/c15-10-6-7-11(14(20)21)12(8-10)19-13(16-17-18-19)9-4-2-1-3-5-9/h1-8H,(H,20,21). The van der Waals surface area contributed by atoms with Crippen molar-refractivity contribution in [3.63, 3.8) is 0 Å². The van der Waals surface area contributed by atoms with E-state index in [0.717, 1.165) is 12.1 Å². The molecule has 0 saturated carbocycles. The first kappa shape index (κ1) is 12.9. The largest absolute Gasteiger partial charge is 0.478 e. The summed E-state index contributed by atoms with van der Waals surface area (Å²) in [5, 5.41) is 20.4. The van der Waals surface area contributed by atoms with Gasteiger partial charge in [0.2, 0.25) is 0 Å². The summed E-state index contributed by atoms with van der Waals surface area (Å²) in [6, 6.07) is 12.4. The van der Waals surface area contributed by atoms with Crippen molar-refractivity contribution in [1.82, 2.24) is 20.2 Å². The Balaban J connectivity index is 2.21. The molecule has 0 aliphatic rings. The first-order valence-corrected chi connectivity index (χ1v) is 6.04. The molecule has 3 aromatic rings. The van der Waals surface area contributed by atoms with E-state index in [1.54, 1.807) is 24.3 Å².